The molecule has 3 rings (SSSR count). The summed E-state index contributed by atoms with van der Waals surface area (Å²) in [7, 11) is 1.49. The molecule has 0 unspecified atom stereocenters. The van der Waals surface area contributed by atoms with Crippen molar-refractivity contribution in [3.8, 4) is 17.2 Å². The second-order valence-corrected chi connectivity index (χ2v) is 6.42. The number of ether oxygens (including phenoxy) is 4. The number of carbonyl (C=O) groups excluding carboxylic acids is 3. The van der Waals surface area contributed by atoms with Crippen molar-refractivity contribution < 1.29 is 33.3 Å². The second-order valence-electron chi connectivity index (χ2n) is 5.43. The van der Waals surface area contributed by atoms with Crippen LogP contribution in [0.25, 0.3) is 6.08 Å². The van der Waals surface area contributed by atoms with Crippen LogP contribution in [0.2, 0.25) is 0 Å². The standard InChI is InChI=1S/C17H17NO7S/c1-4-23-16(20)9(2)18-15(19)14(26-17(18)21)6-10-5-12-13(25-8-24-12)7-11(10)22-3/h5-7,9H,4,8H2,1-3H3/b14-6+/t9-/m0/s1. The number of esters is 1. The van der Waals surface area contributed by atoms with Gasteiger partial charge in [-0.1, -0.05) is 0 Å². The summed E-state index contributed by atoms with van der Waals surface area (Å²) < 4.78 is 20.8. The molecule has 9 heteroatoms. The molecule has 2 aliphatic rings. The normalized spacial score (nSPS) is 18.4. The lowest BCUT2D eigenvalue weighted by atomic mass is 10.1. The maximum atomic E-state index is 12.6. The van der Waals surface area contributed by atoms with Crippen LogP contribution in [0.3, 0.4) is 0 Å². The number of rotatable bonds is 5. The number of amides is 2. The van der Waals surface area contributed by atoms with Gasteiger partial charge in [-0.2, -0.15) is 0 Å². The Balaban J connectivity index is 1.90. The largest absolute Gasteiger partial charge is 0.496 e. The van der Waals surface area contributed by atoms with E-state index in [0.717, 1.165) is 16.7 Å². The van der Waals surface area contributed by atoms with Crippen molar-refractivity contribution in [3.05, 3.63) is 22.6 Å². The molecule has 0 aromatic heterocycles. The van der Waals surface area contributed by atoms with Gasteiger partial charge in [-0.05, 0) is 37.8 Å². The highest BCUT2D eigenvalue weighted by Crippen LogP contribution is 2.41. The fourth-order valence-electron chi connectivity index (χ4n) is 2.55. The Bertz CT molecular complexity index is 805. The van der Waals surface area contributed by atoms with Crippen molar-refractivity contribution in [1.82, 2.24) is 4.90 Å². The van der Waals surface area contributed by atoms with Crippen LogP contribution >= 0.6 is 11.8 Å². The lowest BCUT2D eigenvalue weighted by molar-refractivity contribution is -0.150. The van der Waals surface area contributed by atoms with E-state index in [-0.39, 0.29) is 18.3 Å². The predicted molar refractivity (Wildman–Crippen MR) is 93.0 cm³/mol. The van der Waals surface area contributed by atoms with Gasteiger partial charge in [0.15, 0.2) is 11.5 Å². The highest BCUT2D eigenvalue weighted by molar-refractivity contribution is 8.18. The molecule has 2 amide bonds. The van der Waals surface area contributed by atoms with Gasteiger partial charge in [0.2, 0.25) is 6.79 Å². The number of hydrogen-bond acceptors (Lipinski definition) is 8. The van der Waals surface area contributed by atoms with Crippen LogP contribution in [0.1, 0.15) is 19.4 Å². The summed E-state index contributed by atoms with van der Waals surface area (Å²) in [4.78, 5) is 37.8. The number of hydrogen-bond donors (Lipinski definition) is 0. The summed E-state index contributed by atoms with van der Waals surface area (Å²) in [6.07, 6.45) is 1.53. The molecule has 8 nitrogen and oxygen atoms in total. The molecule has 2 heterocycles. The first-order valence-electron chi connectivity index (χ1n) is 7.87. The lowest BCUT2D eigenvalue weighted by Gasteiger charge is -2.19. The lowest BCUT2D eigenvalue weighted by Crippen LogP contribution is -2.42. The Morgan fingerprint density at radius 3 is 2.69 bits per heavy atom. The zero-order valence-corrected chi connectivity index (χ0v) is 15.3. The molecule has 1 aromatic carbocycles. The second kappa shape index (κ2) is 7.28. The van der Waals surface area contributed by atoms with E-state index in [1.165, 1.54) is 20.1 Å². The maximum absolute atomic E-state index is 12.6. The molecular formula is C17H17NO7S. The van der Waals surface area contributed by atoms with E-state index >= 15 is 0 Å². The Kier molecular flexibility index (Phi) is 5.08. The highest BCUT2D eigenvalue weighted by atomic mass is 32.2. The third-order valence-corrected chi connectivity index (χ3v) is 4.73. The van der Waals surface area contributed by atoms with E-state index in [2.05, 4.69) is 0 Å². The van der Waals surface area contributed by atoms with Crippen LogP contribution < -0.4 is 14.2 Å². The fraction of sp³-hybridized carbons (Fsp3) is 0.353. The van der Waals surface area contributed by atoms with Crippen LogP contribution in [0, 0.1) is 0 Å². The van der Waals surface area contributed by atoms with Gasteiger partial charge in [-0.3, -0.25) is 14.5 Å². The van der Waals surface area contributed by atoms with Gasteiger partial charge in [0.1, 0.15) is 11.8 Å². The van der Waals surface area contributed by atoms with Crippen molar-refractivity contribution in [2.24, 2.45) is 0 Å². The molecule has 0 N–H and O–H groups in total. The zero-order valence-electron chi connectivity index (χ0n) is 14.4. The Morgan fingerprint density at radius 2 is 2.04 bits per heavy atom. The molecule has 1 saturated heterocycles. The van der Waals surface area contributed by atoms with E-state index < -0.39 is 23.2 Å². The van der Waals surface area contributed by atoms with Crippen LogP contribution in [-0.2, 0) is 14.3 Å². The maximum Gasteiger partial charge on any atom is 0.329 e. The number of benzene rings is 1. The predicted octanol–water partition coefficient (Wildman–Crippen LogP) is 2.41. The molecule has 0 spiro atoms. The Morgan fingerprint density at radius 1 is 1.35 bits per heavy atom. The third kappa shape index (κ3) is 3.22. The van der Waals surface area contributed by atoms with Crippen molar-refractivity contribution >= 4 is 35.0 Å². The summed E-state index contributed by atoms with van der Waals surface area (Å²) in [6.45, 7) is 3.39. The van der Waals surface area contributed by atoms with Gasteiger partial charge in [0.05, 0.1) is 18.6 Å². The summed E-state index contributed by atoms with van der Waals surface area (Å²) in [5.74, 6) is 0.357. The summed E-state index contributed by atoms with van der Waals surface area (Å²) in [5.41, 5.74) is 0.561. The number of fused-ring (bicyclic) bond motifs is 1. The zero-order chi connectivity index (χ0) is 18.8. The van der Waals surface area contributed by atoms with E-state index in [9.17, 15) is 14.4 Å². The molecule has 1 atom stereocenters. The number of carbonyl (C=O) groups is 3. The van der Waals surface area contributed by atoms with Crippen molar-refractivity contribution in [2.45, 2.75) is 19.9 Å². The van der Waals surface area contributed by atoms with Crippen LogP contribution in [0.15, 0.2) is 17.0 Å². The van der Waals surface area contributed by atoms with Gasteiger partial charge in [-0.25, -0.2) is 4.79 Å². The average molecular weight is 379 g/mol. The highest BCUT2D eigenvalue weighted by Gasteiger charge is 2.41. The van der Waals surface area contributed by atoms with Crippen molar-refractivity contribution in [2.75, 3.05) is 20.5 Å². The van der Waals surface area contributed by atoms with Crippen molar-refractivity contribution in [3.63, 3.8) is 0 Å². The number of imide groups is 1. The summed E-state index contributed by atoms with van der Waals surface area (Å²) in [5, 5.41) is -0.526. The third-order valence-electron chi connectivity index (χ3n) is 3.85. The molecule has 1 aromatic rings. The van der Waals surface area contributed by atoms with Crippen LogP contribution in [0.4, 0.5) is 4.79 Å². The van der Waals surface area contributed by atoms with Gasteiger partial charge in [-0.15, -0.1) is 0 Å². The molecule has 0 radical (unpaired) electrons. The first-order chi connectivity index (χ1) is 12.5. The van der Waals surface area contributed by atoms with Crippen molar-refractivity contribution in [1.29, 1.82) is 0 Å². The number of nitrogens with zero attached hydrogens (tertiary/aromatic N) is 1. The molecule has 0 bridgehead atoms. The molecule has 2 aliphatic heterocycles. The quantitative estimate of drug-likeness (QED) is 0.569. The fourth-order valence-corrected chi connectivity index (χ4v) is 3.45. The summed E-state index contributed by atoms with van der Waals surface area (Å²) in [6, 6.07) is 2.33. The van der Waals surface area contributed by atoms with E-state index in [4.69, 9.17) is 18.9 Å². The van der Waals surface area contributed by atoms with E-state index in [1.54, 1.807) is 19.1 Å². The monoisotopic (exact) mass is 379 g/mol. The minimum Gasteiger partial charge on any atom is -0.496 e. The smallest absolute Gasteiger partial charge is 0.329 e. The SMILES string of the molecule is CCOC(=O)[C@H](C)N1C(=O)S/C(=C/c2cc3c(cc2OC)OCO3)C1=O. The minimum absolute atomic E-state index is 0.107. The molecule has 138 valence electrons. The first-order valence-corrected chi connectivity index (χ1v) is 8.69. The van der Waals surface area contributed by atoms with Gasteiger partial charge in [0.25, 0.3) is 11.1 Å². The van der Waals surface area contributed by atoms with E-state index in [1.807, 2.05) is 0 Å². The van der Waals surface area contributed by atoms with Gasteiger partial charge < -0.3 is 18.9 Å². The van der Waals surface area contributed by atoms with Gasteiger partial charge in [0, 0.05) is 11.6 Å². The number of thioether (sulfide) groups is 1. The van der Waals surface area contributed by atoms with Crippen LogP contribution in [0.5, 0.6) is 17.2 Å². The molecule has 0 aliphatic carbocycles. The number of methoxy groups -OCH3 is 1. The Labute approximate surface area is 154 Å². The first kappa shape index (κ1) is 18.1. The summed E-state index contributed by atoms with van der Waals surface area (Å²) >= 11 is 0.756. The minimum atomic E-state index is -0.994. The topological polar surface area (TPSA) is 91.4 Å². The van der Waals surface area contributed by atoms with E-state index in [0.29, 0.717) is 22.8 Å². The molecule has 26 heavy (non-hydrogen) atoms. The molecule has 0 saturated carbocycles. The Hall–Kier alpha value is -2.68. The average Bonchev–Trinajstić information content (AvgIpc) is 3.17. The van der Waals surface area contributed by atoms with Gasteiger partial charge >= 0.3 is 5.97 Å². The van der Waals surface area contributed by atoms with Crippen LogP contribution in [-0.4, -0.2) is 48.6 Å². The molecule has 1 fully saturated rings. The molecular weight excluding hydrogens is 362 g/mol.